The predicted molar refractivity (Wildman–Crippen MR) is 129 cm³/mol. The number of nitrogens with zero attached hydrogens (tertiary/aromatic N) is 6. The molecule has 2 atom stereocenters. The van der Waals surface area contributed by atoms with Crippen LogP contribution in [0.5, 0.6) is 5.75 Å². The molecule has 0 bridgehead atoms. The Bertz CT molecular complexity index is 940. The van der Waals surface area contributed by atoms with E-state index in [0.717, 1.165) is 61.3 Å². The molecule has 1 saturated carbocycles. The van der Waals surface area contributed by atoms with Gasteiger partial charge in [-0.05, 0) is 74.1 Å². The smallest absolute Gasteiger partial charge is 0.225 e. The lowest BCUT2D eigenvalue weighted by atomic mass is 9.63. The van der Waals surface area contributed by atoms with Gasteiger partial charge in [0.2, 0.25) is 5.95 Å². The minimum Gasteiger partial charge on any atom is -0.494 e. The van der Waals surface area contributed by atoms with Gasteiger partial charge < -0.3 is 14.5 Å². The lowest BCUT2D eigenvalue weighted by Gasteiger charge is -2.45. The van der Waals surface area contributed by atoms with Crippen LogP contribution < -0.4 is 14.5 Å². The summed E-state index contributed by atoms with van der Waals surface area (Å²) in [5.74, 6) is 4.18. The quantitative estimate of drug-likeness (QED) is 0.610. The van der Waals surface area contributed by atoms with Crippen molar-refractivity contribution in [2.24, 2.45) is 27.7 Å². The predicted octanol–water partition coefficient (Wildman–Crippen LogP) is 4.68. The molecule has 168 valence electrons. The van der Waals surface area contributed by atoms with Crippen LogP contribution in [0.25, 0.3) is 0 Å². The standard InChI is InChI=1S/C24H29ClN6O/c25-20-13-28-24(29-14-20)30-10-7-19(8-11-30)23-6-1-18(23)9-12-32-22-4-2-21(3-5-22)31-16-26-15-27-17-31/h2-5,13-16,18-19,23H,1,6-12,17H2/t18-,23+/m1/s1. The van der Waals surface area contributed by atoms with E-state index in [9.17, 15) is 0 Å². The van der Waals surface area contributed by atoms with Crippen molar-refractivity contribution in [3.8, 4) is 5.75 Å². The molecule has 0 spiro atoms. The Morgan fingerprint density at radius 1 is 1.00 bits per heavy atom. The maximum Gasteiger partial charge on any atom is 0.225 e. The summed E-state index contributed by atoms with van der Waals surface area (Å²) in [7, 11) is 0. The number of hydrogen-bond donors (Lipinski definition) is 0. The molecular formula is C24H29ClN6O. The van der Waals surface area contributed by atoms with E-state index in [4.69, 9.17) is 16.3 Å². The number of aliphatic imine (C=N–C) groups is 2. The van der Waals surface area contributed by atoms with Gasteiger partial charge in [-0.2, -0.15) is 0 Å². The Balaban J connectivity index is 1.05. The third-order valence-electron chi connectivity index (χ3n) is 7.03. The number of hydrogen-bond acceptors (Lipinski definition) is 7. The summed E-state index contributed by atoms with van der Waals surface area (Å²) in [5.41, 5.74) is 1.08. The Morgan fingerprint density at radius 3 is 2.44 bits per heavy atom. The van der Waals surface area contributed by atoms with Crippen molar-refractivity contribution < 1.29 is 4.74 Å². The van der Waals surface area contributed by atoms with Crippen LogP contribution in [0.2, 0.25) is 5.02 Å². The third kappa shape index (κ3) is 4.88. The minimum absolute atomic E-state index is 0.588. The molecule has 3 aliphatic rings. The molecule has 0 unspecified atom stereocenters. The molecule has 1 aliphatic carbocycles. The summed E-state index contributed by atoms with van der Waals surface area (Å²) in [4.78, 5) is 21.3. The zero-order valence-electron chi connectivity index (χ0n) is 18.2. The van der Waals surface area contributed by atoms with Crippen molar-refractivity contribution >= 4 is 35.9 Å². The average Bonchev–Trinajstić information content (AvgIpc) is 2.83. The van der Waals surface area contributed by atoms with Gasteiger partial charge in [0.05, 0.1) is 30.4 Å². The Labute approximate surface area is 194 Å². The van der Waals surface area contributed by atoms with E-state index in [2.05, 4.69) is 37.0 Å². The van der Waals surface area contributed by atoms with Crippen molar-refractivity contribution in [1.29, 1.82) is 0 Å². The number of rotatable bonds is 7. The molecule has 32 heavy (non-hydrogen) atoms. The van der Waals surface area contributed by atoms with Gasteiger partial charge in [-0.15, -0.1) is 0 Å². The van der Waals surface area contributed by atoms with E-state index in [1.165, 1.54) is 25.7 Å². The number of aromatic nitrogens is 2. The first kappa shape index (κ1) is 21.2. The summed E-state index contributed by atoms with van der Waals surface area (Å²) in [6.45, 7) is 3.46. The molecule has 3 heterocycles. The zero-order chi connectivity index (χ0) is 21.8. The van der Waals surface area contributed by atoms with Gasteiger partial charge in [-0.3, -0.25) is 4.99 Å². The molecule has 0 amide bonds. The molecule has 0 N–H and O–H groups in total. The molecule has 2 aromatic rings. The second-order valence-corrected chi connectivity index (χ2v) is 9.27. The second-order valence-electron chi connectivity index (χ2n) is 8.83. The molecule has 8 heteroatoms. The van der Waals surface area contributed by atoms with Crippen molar-refractivity contribution in [3.63, 3.8) is 0 Å². The fourth-order valence-electron chi connectivity index (χ4n) is 5.10. The van der Waals surface area contributed by atoms with E-state index >= 15 is 0 Å². The highest BCUT2D eigenvalue weighted by atomic mass is 35.5. The molecule has 1 aromatic heterocycles. The number of halogens is 1. The first-order chi connectivity index (χ1) is 15.8. The average molecular weight is 453 g/mol. The summed E-state index contributed by atoms with van der Waals surface area (Å²) < 4.78 is 6.06. The number of ether oxygens (including phenoxy) is 1. The van der Waals surface area contributed by atoms with Crippen LogP contribution in [0, 0.1) is 17.8 Å². The molecule has 2 fully saturated rings. The largest absolute Gasteiger partial charge is 0.494 e. The second kappa shape index (κ2) is 9.86. The fraction of sp³-hybridized carbons (Fsp3) is 0.500. The molecule has 1 aromatic carbocycles. The molecule has 1 saturated heterocycles. The monoisotopic (exact) mass is 452 g/mol. The van der Waals surface area contributed by atoms with Gasteiger partial charge in [-0.1, -0.05) is 11.6 Å². The lowest BCUT2D eigenvalue weighted by Crippen LogP contribution is -2.42. The first-order valence-corrected chi connectivity index (χ1v) is 11.9. The van der Waals surface area contributed by atoms with Crippen molar-refractivity contribution in [2.75, 3.05) is 36.2 Å². The first-order valence-electron chi connectivity index (χ1n) is 11.5. The summed E-state index contributed by atoms with van der Waals surface area (Å²) in [6.07, 6.45) is 13.0. The normalized spacial score (nSPS) is 23.3. The van der Waals surface area contributed by atoms with Gasteiger partial charge in [0.1, 0.15) is 18.8 Å². The van der Waals surface area contributed by atoms with E-state index in [1.807, 2.05) is 17.0 Å². The van der Waals surface area contributed by atoms with Crippen LogP contribution in [0.1, 0.15) is 32.1 Å². The maximum absolute atomic E-state index is 6.06. The lowest BCUT2D eigenvalue weighted by molar-refractivity contribution is 0.0683. The van der Waals surface area contributed by atoms with Crippen LogP contribution in [0.15, 0.2) is 46.6 Å². The van der Waals surface area contributed by atoms with E-state index < -0.39 is 0 Å². The van der Waals surface area contributed by atoms with Gasteiger partial charge in [0.15, 0.2) is 0 Å². The summed E-state index contributed by atoms with van der Waals surface area (Å²) >= 11 is 5.91. The minimum atomic E-state index is 0.588. The van der Waals surface area contributed by atoms with E-state index in [1.54, 1.807) is 25.1 Å². The SMILES string of the molecule is Clc1cnc(N2CCC([C@H]3CC[C@@H]3CCOc3ccc(N4C=NC=NC4)cc3)CC2)nc1. The maximum atomic E-state index is 6.06. The van der Waals surface area contributed by atoms with Crippen LogP contribution in [0.3, 0.4) is 0 Å². The molecule has 0 radical (unpaired) electrons. The summed E-state index contributed by atoms with van der Waals surface area (Å²) in [5, 5.41) is 0.588. The van der Waals surface area contributed by atoms with Crippen molar-refractivity contribution in [1.82, 2.24) is 9.97 Å². The molecule has 2 aliphatic heterocycles. The number of piperidine rings is 1. The van der Waals surface area contributed by atoms with Crippen LogP contribution in [-0.2, 0) is 0 Å². The van der Waals surface area contributed by atoms with Crippen molar-refractivity contribution in [3.05, 3.63) is 41.7 Å². The van der Waals surface area contributed by atoms with Crippen molar-refractivity contribution in [2.45, 2.75) is 32.1 Å². The Hall–Kier alpha value is -2.67. The van der Waals surface area contributed by atoms with Crippen LogP contribution >= 0.6 is 11.6 Å². The number of benzene rings is 1. The number of anilines is 2. The van der Waals surface area contributed by atoms with Crippen LogP contribution in [-0.4, -0.2) is 49.0 Å². The van der Waals surface area contributed by atoms with Gasteiger partial charge in [0.25, 0.3) is 0 Å². The van der Waals surface area contributed by atoms with E-state index in [-0.39, 0.29) is 0 Å². The molecular weight excluding hydrogens is 424 g/mol. The third-order valence-corrected chi connectivity index (χ3v) is 7.22. The highest BCUT2D eigenvalue weighted by molar-refractivity contribution is 6.30. The zero-order valence-corrected chi connectivity index (χ0v) is 18.9. The molecule has 7 nitrogen and oxygen atoms in total. The van der Waals surface area contributed by atoms with Gasteiger partial charge in [0, 0.05) is 18.8 Å². The Morgan fingerprint density at radius 2 is 1.78 bits per heavy atom. The van der Waals surface area contributed by atoms with Gasteiger partial charge >= 0.3 is 0 Å². The van der Waals surface area contributed by atoms with Crippen LogP contribution in [0.4, 0.5) is 11.6 Å². The van der Waals surface area contributed by atoms with E-state index in [0.29, 0.717) is 11.7 Å². The highest BCUT2D eigenvalue weighted by Crippen LogP contribution is 2.45. The topological polar surface area (TPSA) is 66.2 Å². The molecule has 5 rings (SSSR count). The Kier molecular flexibility index (Phi) is 6.53. The fourth-order valence-corrected chi connectivity index (χ4v) is 5.20. The van der Waals surface area contributed by atoms with Gasteiger partial charge in [-0.25, -0.2) is 15.0 Å². The summed E-state index contributed by atoms with van der Waals surface area (Å²) in [6, 6.07) is 8.20. The highest BCUT2D eigenvalue weighted by Gasteiger charge is 2.38.